The number of carbonyl (C=O) groups excluding carboxylic acids is 1. The summed E-state index contributed by atoms with van der Waals surface area (Å²) in [5.74, 6) is -0.209. The van der Waals surface area contributed by atoms with Gasteiger partial charge in [0.1, 0.15) is 13.2 Å². The number of allylic oxidation sites excluding steroid dienone is 15. The summed E-state index contributed by atoms with van der Waals surface area (Å²) in [6.07, 6.45) is 90.9. The van der Waals surface area contributed by atoms with E-state index >= 15 is 0 Å². The summed E-state index contributed by atoms with van der Waals surface area (Å²) in [6.45, 7) is 4.55. The third kappa shape index (κ3) is 65.0. The molecule has 0 radical (unpaired) electrons. The predicted octanol–water partition coefficient (Wildman–Crippen LogP) is 21.5. The van der Waals surface area contributed by atoms with Gasteiger partial charge in [0.05, 0.1) is 39.9 Å². The molecular weight excluding hydrogens is 1030 g/mol. The van der Waals surface area contributed by atoms with Crippen molar-refractivity contribution in [2.75, 3.05) is 40.9 Å². The smallest absolute Gasteiger partial charge is 0.268 e. The van der Waals surface area contributed by atoms with Crippen LogP contribution in [0.5, 0.6) is 0 Å². The van der Waals surface area contributed by atoms with E-state index in [1.165, 1.54) is 193 Å². The van der Waals surface area contributed by atoms with Crippen LogP contribution in [0.3, 0.4) is 0 Å². The highest BCUT2D eigenvalue weighted by molar-refractivity contribution is 7.45. The maximum atomic E-state index is 13.0. The molecule has 0 aromatic rings. The Labute approximate surface area is 509 Å². The lowest BCUT2D eigenvalue weighted by molar-refractivity contribution is -0.870. The number of aliphatic hydroxyl groups is 1. The molecular formula is C73H133N2O6P. The van der Waals surface area contributed by atoms with Gasteiger partial charge in [-0.1, -0.05) is 323 Å². The summed E-state index contributed by atoms with van der Waals surface area (Å²) >= 11 is 0. The van der Waals surface area contributed by atoms with Crippen LogP contribution in [-0.4, -0.2) is 68.5 Å². The average molecular weight is 1170 g/mol. The van der Waals surface area contributed by atoms with Crippen molar-refractivity contribution in [1.29, 1.82) is 0 Å². The number of phosphoric acid groups is 1. The highest BCUT2D eigenvalue weighted by Gasteiger charge is 2.23. The molecule has 0 aromatic heterocycles. The molecule has 3 unspecified atom stereocenters. The number of nitrogens with one attached hydrogen (secondary N) is 1. The Kier molecular flexibility index (Phi) is 61.0. The second-order valence-corrected chi connectivity index (χ2v) is 25.9. The van der Waals surface area contributed by atoms with Crippen LogP contribution in [0.2, 0.25) is 0 Å². The quantitative estimate of drug-likeness (QED) is 0.0272. The molecule has 2 N–H and O–H groups in total. The van der Waals surface area contributed by atoms with E-state index in [1.54, 1.807) is 6.08 Å². The summed E-state index contributed by atoms with van der Waals surface area (Å²) in [6, 6.07) is -0.902. The topological polar surface area (TPSA) is 108 Å². The van der Waals surface area contributed by atoms with Crippen LogP contribution in [0.15, 0.2) is 97.2 Å². The van der Waals surface area contributed by atoms with Gasteiger partial charge in [-0.05, 0) is 77.0 Å². The molecule has 0 aliphatic rings. The molecule has 0 aliphatic carbocycles. The summed E-state index contributed by atoms with van der Waals surface area (Å²) < 4.78 is 23.4. The fourth-order valence-corrected chi connectivity index (χ4v) is 10.7. The van der Waals surface area contributed by atoms with Crippen LogP contribution in [0.1, 0.15) is 309 Å². The number of unbranched alkanes of at least 4 members (excludes halogenated alkanes) is 36. The zero-order valence-electron chi connectivity index (χ0n) is 54.4. The van der Waals surface area contributed by atoms with Crippen molar-refractivity contribution >= 4 is 13.7 Å². The molecule has 0 aromatic carbocycles. The van der Waals surface area contributed by atoms with Crippen molar-refractivity contribution in [3.8, 4) is 0 Å². The van der Waals surface area contributed by atoms with Crippen molar-refractivity contribution in [2.45, 2.75) is 321 Å². The van der Waals surface area contributed by atoms with Gasteiger partial charge in [-0.2, -0.15) is 0 Å². The lowest BCUT2D eigenvalue weighted by Gasteiger charge is -2.29. The fourth-order valence-electron chi connectivity index (χ4n) is 9.96. The van der Waals surface area contributed by atoms with Gasteiger partial charge in [-0.25, -0.2) is 0 Å². The van der Waals surface area contributed by atoms with Gasteiger partial charge in [-0.15, -0.1) is 0 Å². The van der Waals surface area contributed by atoms with E-state index in [4.69, 9.17) is 9.05 Å². The minimum Gasteiger partial charge on any atom is -0.756 e. The molecule has 0 saturated heterocycles. The number of rotatable bonds is 63. The molecule has 82 heavy (non-hydrogen) atoms. The number of nitrogens with zero attached hydrogens (tertiary/aromatic N) is 1. The van der Waals surface area contributed by atoms with Gasteiger partial charge in [0, 0.05) is 6.42 Å². The molecule has 9 heteroatoms. The van der Waals surface area contributed by atoms with E-state index in [0.717, 1.165) is 96.3 Å². The van der Waals surface area contributed by atoms with Gasteiger partial charge in [-0.3, -0.25) is 9.36 Å². The fraction of sp³-hybridized carbons (Fsp3) is 0.767. The molecule has 0 spiro atoms. The molecule has 1 amide bonds. The van der Waals surface area contributed by atoms with E-state index in [9.17, 15) is 19.4 Å². The highest BCUT2D eigenvalue weighted by atomic mass is 31.2. The van der Waals surface area contributed by atoms with Gasteiger partial charge in [0.2, 0.25) is 5.91 Å². The van der Waals surface area contributed by atoms with E-state index in [1.807, 2.05) is 27.2 Å². The van der Waals surface area contributed by atoms with Crippen LogP contribution in [0.25, 0.3) is 0 Å². The molecule has 8 nitrogen and oxygen atoms in total. The first-order chi connectivity index (χ1) is 40.0. The third-order valence-corrected chi connectivity index (χ3v) is 16.3. The van der Waals surface area contributed by atoms with Gasteiger partial charge in [0.25, 0.3) is 7.82 Å². The van der Waals surface area contributed by atoms with Crippen LogP contribution in [0.4, 0.5) is 0 Å². The van der Waals surface area contributed by atoms with E-state index in [-0.39, 0.29) is 19.1 Å². The second kappa shape index (κ2) is 62.9. The Hall–Kier alpha value is -2.58. The molecule has 3 atom stereocenters. The summed E-state index contributed by atoms with van der Waals surface area (Å²) in [5.41, 5.74) is 0. The molecule has 476 valence electrons. The number of hydrogen-bond donors (Lipinski definition) is 2. The minimum absolute atomic E-state index is 0.00772. The second-order valence-electron chi connectivity index (χ2n) is 24.5. The first-order valence-corrected chi connectivity index (χ1v) is 36.1. The average Bonchev–Trinajstić information content (AvgIpc) is 3.47. The van der Waals surface area contributed by atoms with Crippen molar-refractivity contribution in [2.24, 2.45) is 0 Å². The Balaban J connectivity index is 4.14. The predicted molar refractivity (Wildman–Crippen MR) is 357 cm³/mol. The summed E-state index contributed by atoms with van der Waals surface area (Å²) in [7, 11) is 1.25. The zero-order chi connectivity index (χ0) is 59.8. The summed E-state index contributed by atoms with van der Waals surface area (Å²) in [5, 5.41) is 14.0. The summed E-state index contributed by atoms with van der Waals surface area (Å²) in [4.78, 5) is 25.6. The number of phosphoric ester groups is 1. The van der Waals surface area contributed by atoms with Crippen LogP contribution < -0.4 is 10.2 Å². The normalized spacial score (nSPS) is 14.3. The molecule has 0 saturated carbocycles. The molecule has 0 aliphatic heterocycles. The number of hydrogen-bond acceptors (Lipinski definition) is 6. The maximum Gasteiger partial charge on any atom is 0.268 e. The number of aliphatic hydroxyl groups excluding tert-OH is 1. The third-order valence-electron chi connectivity index (χ3n) is 15.3. The number of likely N-dealkylation sites (N-methyl/N-ethyl adjacent to an activating group) is 1. The first-order valence-electron chi connectivity index (χ1n) is 34.6. The van der Waals surface area contributed by atoms with Crippen molar-refractivity contribution in [3.63, 3.8) is 0 Å². The molecule has 0 heterocycles. The molecule has 0 rings (SSSR count). The van der Waals surface area contributed by atoms with Gasteiger partial charge in [0.15, 0.2) is 0 Å². The highest BCUT2D eigenvalue weighted by Crippen LogP contribution is 2.38. The number of quaternary nitrogens is 1. The SMILES string of the molecule is CC/C=C\C/C=C\C/C=C\C/C=C\C/C=C\C/C=C\C/C=C\CCCCCCCCCC(=O)NC(COP(=O)([O-])OCC[N+](C)(C)C)C(O)/C=C/CCCCCCCCCCCCCCCCCCCCCCCCCCCCCCC. The molecule has 0 fully saturated rings. The van der Waals surface area contributed by atoms with Crippen molar-refractivity contribution in [1.82, 2.24) is 5.32 Å². The van der Waals surface area contributed by atoms with E-state index in [2.05, 4.69) is 104 Å². The van der Waals surface area contributed by atoms with Crippen molar-refractivity contribution < 1.29 is 32.9 Å². The van der Waals surface area contributed by atoms with Crippen LogP contribution in [0, 0.1) is 0 Å². The van der Waals surface area contributed by atoms with Gasteiger partial charge >= 0.3 is 0 Å². The van der Waals surface area contributed by atoms with Crippen LogP contribution in [-0.2, 0) is 18.4 Å². The largest absolute Gasteiger partial charge is 0.756 e. The van der Waals surface area contributed by atoms with Crippen LogP contribution >= 0.6 is 7.82 Å². The lowest BCUT2D eigenvalue weighted by Crippen LogP contribution is -2.45. The standard InChI is InChI=1S/C73H133N2O6P/c1-6-8-10-12-14-16-18-20-22-24-26-28-30-32-34-36-37-39-40-42-44-46-48-50-52-54-56-58-60-62-64-66-72(76)71(70-81-82(78,79)80-69-68-75(3,4)5)74-73(77)67-65-63-61-59-57-55-53-51-49-47-45-43-41-38-35-33-31-29-27-25-23-21-19-17-15-13-11-9-7-2/h9,11,15,17,21,23,27,29,33,35,41,43,47,49,64,66,71-72,76H,6-8,10,12-14,16,18-20,22,24-26,28,30-32,34,36-40,42,44-46,48,50-63,65,67-70H2,1-5H3,(H-,74,77,78,79)/b11-9-,17-15-,23-21-,29-27-,35-33-,43-41-,49-47-,66-64+. The Bertz CT molecular complexity index is 1660. The maximum absolute atomic E-state index is 13.0. The zero-order valence-corrected chi connectivity index (χ0v) is 55.3. The lowest BCUT2D eigenvalue weighted by atomic mass is 10.0. The Morgan fingerprint density at radius 3 is 1.09 bits per heavy atom. The van der Waals surface area contributed by atoms with E-state index < -0.39 is 20.0 Å². The minimum atomic E-state index is -4.61. The Morgan fingerprint density at radius 1 is 0.439 bits per heavy atom. The van der Waals surface area contributed by atoms with E-state index in [0.29, 0.717) is 17.4 Å². The number of carbonyl (C=O) groups is 1. The first kappa shape index (κ1) is 79.4. The van der Waals surface area contributed by atoms with Gasteiger partial charge < -0.3 is 28.8 Å². The Morgan fingerprint density at radius 2 is 0.744 bits per heavy atom. The monoisotopic (exact) mass is 1160 g/mol. The molecule has 0 bridgehead atoms. The van der Waals surface area contributed by atoms with Crippen molar-refractivity contribution in [3.05, 3.63) is 97.2 Å². The number of amides is 1.